The van der Waals surface area contributed by atoms with Gasteiger partial charge >= 0.3 is 0 Å². The molecular formula is C16H17BrN2O2. The van der Waals surface area contributed by atoms with Crippen molar-refractivity contribution in [3.63, 3.8) is 0 Å². The van der Waals surface area contributed by atoms with Gasteiger partial charge in [0.15, 0.2) is 0 Å². The van der Waals surface area contributed by atoms with Crippen molar-refractivity contribution in [2.24, 2.45) is 0 Å². The molecule has 0 aliphatic heterocycles. The molecular weight excluding hydrogens is 332 g/mol. The van der Waals surface area contributed by atoms with Crippen LogP contribution < -0.4 is 5.32 Å². The molecule has 1 heterocycles. The predicted molar refractivity (Wildman–Crippen MR) is 85.1 cm³/mol. The molecule has 1 aromatic heterocycles. The summed E-state index contributed by atoms with van der Waals surface area (Å²) in [6.07, 6.45) is 6.27. The van der Waals surface area contributed by atoms with Crippen molar-refractivity contribution in [2.75, 3.05) is 5.32 Å². The van der Waals surface area contributed by atoms with Gasteiger partial charge in [-0.25, -0.2) is 0 Å². The van der Waals surface area contributed by atoms with Crippen molar-refractivity contribution in [3.05, 3.63) is 52.3 Å². The van der Waals surface area contributed by atoms with Crippen molar-refractivity contribution in [3.8, 4) is 0 Å². The van der Waals surface area contributed by atoms with Crippen LogP contribution >= 0.6 is 15.9 Å². The third-order valence-corrected chi connectivity index (χ3v) is 4.26. The monoisotopic (exact) mass is 348 g/mol. The zero-order valence-corrected chi connectivity index (χ0v) is 13.1. The van der Waals surface area contributed by atoms with E-state index in [0.717, 1.165) is 40.5 Å². The van der Waals surface area contributed by atoms with Crippen LogP contribution in [0, 0.1) is 0 Å². The maximum Gasteiger partial charge on any atom is 0.244 e. The van der Waals surface area contributed by atoms with E-state index in [4.69, 9.17) is 0 Å². The van der Waals surface area contributed by atoms with Gasteiger partial charge in [-0.2, -0.15) is 0 Å². The smallest absolute Gasteiger partial charge is 0.244 e. The third-order valence-electron chi connectivity index (χ3n) is 3.73. The number of carbonyl (C=O) groups is 1. The minimum Gasteiger partial charge on any atom is -0.388 e. The highest BCUT2D eigenvalue weighted by atomic mass is 79.9. The maximum atomic E-state index is 12.1. The van der Waals surface area contributed by atoms with E-state index in [1.165, 1.54) is 0 Å². The van der Waals surface area contributed by atoms with Gasteiger partial charge in [-0.1, -0.05) is 15.9 Å². The van der Waals surface area contributed by atoms with Crippen LogP contribution in [0.3, 0.4) is 0 Å². The number of fused-ring (bicyclic) bond motifs is 1. The highest BCUT2D eigenvalue weighted by Crippen LogP contribution is 2.30. The number of benzene rings is 1. The first-order valence-corrected chi connectivity index (χ1v) is 7.83. The molecule has 2 N–H and O–H groups in total. The van der Waals surface area contributed by atoms with Crippen LogP contribution in [-0.4, -0.2) is 15.6 Å². The lowest BCUT2D eigenvalue weighted by Gasteiger charge is -2.16. The van der Waals surface area contributed by atoms with Crippen molar-refractivity contribution in [2.45, 2.75) is 31.9 Å². The summed E-state index contributed by atoms with van der Waals surface area (Å²) in [6.45, 7) is 0.260. The molecule has 5 heteroatoms. The van der Waals surface area contributed by atoms with Gasteiger partial charge in [-0.3, -0.25) is 4.79 Å². The largest absolute Gasteiger partial charge is 0.388 e. The van der Waals surface area contributed by atoms with Gasteiger partial charge in [0.25, 0.3) is 0 Å². The SMILES string of the molecule is O=C(Cn1cc2c(c1)C(O)CCC2)Nc1ccc(Br)cc1. The van der Waals surface area contributed by atoms with Crippen LogP contribution in [0.5, 0.6) is 0 Å². The van der Waals surface area contributed by atoms with Crippen LogP contribution in [-0.2, 0) is 17.8 Å². The Bertz CT molecular complexity index is 649. The third kappa shape index (κ3) is 3.36. The van der Waals surface area contributed by atoms with Gasteiger partial charge in [0.1, 0.15) is 6.54 Å². The van der Waals surface area contributed by atoms with Crippen LogP contribution in [0.15, 0.2) is 41.1 Å². The second-order valence-corrected chi connectivity index (χ2v) is 6.29. The first-order chi connectivity index (χ1) is 10.1. The summed E-state index contributed by atoms with van der Waals surface area (Å²) in [4.78, 5) is 12.1. The molecule has 0 bridgehead atoms. The molecule has 0 radical (unpaired) electrons. The standard InChI is InChI=1S/C16H17BrN2O2/c17-12-4-6-13(7-5-12)18-16(21)10-19-8-11-2-1-3-15(20)14(11)9-19/h4-9,15,20H,1-3,10H2,(H,18,21). The fraction of sp³-hybridized carbons (Fsp3) is 0.312. The van der Waals surface area contributed by atoms with Crippen LogP contribution in [0.2, 0.25) is 0 Å². The number of aliphatic hydroxyl groups excluding tert-OH is 1. The molecule has 4 nitrogen and oxygen atoms in total. The summed E-state index contributed by atoms with van der Waals surface area (Å²) in [6, 6.07) is 7.49. The summed E-state index contributed by atoms with van der Waals surface area (Å²) >= 11 is 3.36. The fourth-order valence-corrected chi connectivity index (χ4v) is 2.98. The average molecular weight is 349 g/mol. The first-order valence-electron chi connectivity index (χ1n) is 7.04. The zero-order chi connectivity index (χ0) is 14.8. The lowest BCUT2D eigenvalue weighted by atomic mass is 9.93. The van der Waals surface area contributed by atoms with Crippen LogP contribution in [0.1, 0.15) is 30.1 Å². The molecule has 1 aliphatic rings. The Kier molecular flexibility index (Phi) is 4.12. The van der Waals surface area contributed by atoms with Gasteiger partial charge in [0, 0.05) is 28.1 Å². The van der Waals surface area contributed by atoms with E-state index in [2.05, 4.69) is 21.2 Å². The molecule has 1 amide bonds. The number of halogens is 1. The minimum absolute atomic E-state index is 0.0702. The van der Waals surface area contributed by atoms with Crippen molar-refractivity contribution in [1.29, 1.82) is 0 Å². The van der Waals surface area contributed by atoms with Gasteiger partial charge in [-0.05, 0) is 49.1 Å². The summed E-state index contributed by atoms with van der Waals surface area (Å²) < 4.78 is 2.83. The number of hydrogen-bond acceptors (Lipinski definition) is 2. The van der Waals surface area contributed by atoms with Crippen LogP contribution in [0.25, 0.3) is 0 Å². The molecule has 110 valence electrons. The predicted octanol–water partition coefficient (Wildman–Crippen LogP) is 3.26. The van der Waals surface area contributed by atoms with E-state index in [9.17, 15) is 9.90 Å². The molecule has 3 rings (SSSR count). The number of anilines is 1. The topological polar surface area (TPSA) is 54.3 Å². The normalized spacial score (nSPS) is 17.3. The van der Waals surface area contributed by atoms with Gasteiger partial charge in [0.2, 0.25) is 5.91 Å². The fourth-order valence-electron chi connectivity index (χ4n) is 2.71. The Morgan fingerprint density at radius 1 is 1.33 bits per heavy atom. The molecule has 1 aromatic carbocycles. The number of hydrogen-bond donors (Lipinski definition) is 2. The Morgan fingerprint density at radius 3 is 2.81 bits per heavy atom. The number of amides is 1. The van der Waals surface area contributed by atoms with E-state index in [1.54, 1.807) is 0 Å². The number of carbonyl (C=O) groups excluding carboxylic acids is 1. The number of aliphatic hydroxyl groups is 1. The van der Waals surface area contributed by atoms with Crippen molar-refractivity contribution >= 4 is 27.5 Å². The summed E-state index contributed by atoms with van der Waals surface area (Å²) in [5.41, 5.74) is 2.91. The van der Waals surface area contributed by atoms with Crippen molar-refractivity contribution in [1.82, 2.24) is 4.57 Å². The Morgan fingerprint density at radius 2 is 2.10 bits per heavy atom. The van der Waals surface area contributed by atoms with E-state index >= 15 is 0 Å². The highest BCUT2D eigenvalue weighted by molar-refractivity contribution is 9.10. The molecule has 0 saturated carbocycles. The lowest BCUT2D eigenvalue weighted by Crippen LogP contribution is -2.17. The van der Waals surface area contributed by atoms with E-state index in [1.807, 2.05) is 41.2 Å². The second kappa shape index (κ2) is 6.03. The molecule has 1 aliphatic carbocycles. The molecule has 21 heavy (non-hydrogen) atoms. The number of rotatable bonds is 3. The molecule has 2 aromatic rings. The molecule has 0 spiro atoms. The Hall–Kier alpha value is -1.59. The minimum atomic E-state index is -0.385. The average Bonchev–Trinajstić information content (AvgIpc) is 2.85. The van der Waals surface area contributed by atoms with Crippen LogP contribution in [0.4, 0.5) is 5.69 Å². The highest BCUT2D eigenvalue weighted by Gasteiger charge is 2.20. The van der Waals surface area contributed by atoms with E-state index < -0.39 is 0 Å². The number of nitrogens with zero attached hydrogens (tertiary/aromatic N) is 1. The summed E-state index contributed by atoms with van der Waals surface area (Å²) in [5.74, 6) is -0.0702. The van der Waals surface area contributed by atoms with Gasteiger partial charge in [-0.15, -0.1) is 0 Å². The summed E-state index contributed by atoms with van der Waals surface area (Å²) in [7, 11) is 0. The Balaban J connectivity index is 1.66. The Labute approximate surface area is 131 Å². The number of nitrogens with one attached hydrogen (secondary N) is 1. The number of aryl methyl sites for hydroxylation is 1. The second-order valence-electron chi connectivity index (χ2n) is 5.37. The maximum absolute atomic E-state index is 12.1. The van der Waals surface area contributed by atoms with Gasteiger partial charge in [0.05, 0.1) is 6.10 Å². The van der Waals surface area contributed by atoms with Gasteiger partial charge < -0.3 is 15.0 Å². The van der Waals surface area contributed by atoms with E-state index in [-0.39, 0.29) is 18.6 Å². The van der Waals surface area contributed by atoms with Crippen molar-refractivity contribution < 1.29 is 9.90 Å². The lowest BCUT2D eigenvalue weighted by molar-refractivity contribution is -0.116. The quantitative estimate of drug-likeness (QED) is 0.894. The molecule has 0 fully saturated rings. The molecule has 1 unspecified atom stereocenters. The molecule has 0 saturated heterocycles. The molecule has 1 atom stereocenters. The summed E-state index contributed by atoms with van der Waals surface area (Å²) in [5, 5.41) is 12.8. The van der Waals surface area contributed by atoms with E-state index in [0.29, 0.717) is 0 Å². The first kappa shape index (κ1) is 14.4. The zero-order valence-electron chi connectivity index (χ0n) is 11.6. The number of aromatic nitrogens is 1.